The summed E-state index contributed by atoms with van der Waals surface area (Å²) >= 11 is 0. The van der Waals surface area contributed by atoms with Crippen LogP contribution in [-0.4, -0.2) is 51.7 Å². The third kappa shape index (κ3) is 7.36. The second-order valence-corrected chi connectivity index (χ2v) is 14.4. The molecule has 0 spiro atoms. The molecular weight excluding hydrogens is 690 g/mol. The highest BCUT2D eigenvalue weighted by Gasteiger charge is 2.46. The zero-order chi connectivity index (χ0) is 38.6. The van der Waals surface area contributed by atoms with Crippen LogP contribution in [0.25, 0.3) is 10.4 Å². The number of aromatic nitrogens is 1. The topological polar surface area (TPSA) is 190 Å². The number of nitrogens with zero attached hydrogens (tertiary/aromatic N) is 6. The normalized spacial score (nSPS) is 20.3. The summed E-state index contributed by atoms with van der Waals surface area (Å²) in [5, 5.41) is 19.2. The van der Waals surface area contributed by atoms with E-state index in [9.17, 15) is 19.5 Å². The van der Waals surface area contributed by atoms with Crippen LogP contribution in [0.15, 0.2) is 85.1 Å². The number of unbranched alkanes of at least 4 members (excludes halogenated alkanes) is 3. The van der Waals surface area contributed by atoms with Crippen LogP contribution in [0, 0.1) is 5.92 Å². The summed E-state index contributed by atoms with van der Waals surface area (Å²) in [4.78, 5) is 47.5. The SMILES string of the molecule is CCC1=C2Cn3c(cc4c(c3=O)COC(=O)[C@]4(O)CC)C2=NC2=CC=C(OC(C)(C)C(=O)N/N=C(\C)c3ccccc3OCCCCCCN=[N+]=[N-])CC21. The molecule has 0 saturated carbocycles. The Labute approximate surface area is 313 Å². The van der Waals surface area contributed by atoms with Gasteiger partial charge in [-0.25, -0.2) is 10.2 Å². The van der Waals surface area contributed by atoms with Crippen LogP contribution in [0.5, 0.6) is 5.75 Å². The summed E-state index contributed by atoms with van der Waals surface area (Å²) in [7, 11) is 0. The Balaban J connectivity index is 1.14. The lowest BCUT2D eigenvalue weighted by Gasteiger charge is -2.33. The number of allylic oxidation sites excluding steroid dienone is 5. The quantitative estimate of drug-likeness (QED) is 0.0402. The highest BCUT2D eigenvalue weighted by molar-refractivity contribution is 6.15. The molecule has 1 amide bonds. The van der Waals surface area contributed by atoms with Crippen LogP contribution in [-0.2, 0) is 37.8 Å². The fourth-order valence-corrected chi connectivity index (χ4v) is 7.44. The smallest absolute Gasteiger partial charge is 0.343 e. The minimum atomic E-state index is -1.89. The second-order valence-electron chi connectivity index (χ2n) is 14.4. The lowest BCUT2D eigenvalue weighted by Crippen LogP contribution is -2.44. The number of aliphatic imine (C=N–C) groups is 1. The molecule has 4 aliphatic rings. The molecule has 6 rings (SSSR count). The highest BCUT2D eigenvalue weighted by atomic mass is 16.6. The first-order chi connectivity index (χ1) is 25.9. The molecule has 2 aromatic rings. The molecule has 1 aromatic carbocycles. The maximum atomic E-state index is 13.7. The molecule has 54 heavy (non-hydrogen) atoms. The Kier molecular flexibility index (Phi) is 11.3. The molecule has 0 bridgehead atoms. The molecule has 2 atom stereocenters. The van der Waals surface area contributed by atoms with Crippen molar-refractivity contribution in [1.82, 2.24) is 9.99 Å². The number of dihydropyridines is 1. The molecule has 14 nitrogen and oxygen atoms in total. The van der Waals surface area contributed by atoms with E-state index in [2.05, 4.69) is 27.5 Å². The van der Waals surface area contributed by atoms with E-state index in [1.165, 1.54) is 0 Å². The van der Waals surface area contributed by atoms with Crippen LogP contribution in [0.4, 0.5) is 0 Å². The minimum absolute atomic E-state index is 0.0752. The van der Waals surface area contributed by atoms with E-state index in [1.807, 2.05) is 43.3 Å². The molecule has 2 N–H and O–H groups in total. The number of nitrogens with one attached hydrogen (secondary N) is 1. The number of rotatable bonds is 15. The number of esters is 1. The number of azide groups is 1. The number of hydrazone groups is 1. The molecule has 1 aromatic heterocycles. The van der Waals surface area contributed by atoms with Crippen molar-refractivity contribution in [2.75, 3.05) is 13.2 Å². The maximum Gasteiger partial charge on any atom is 0.343 e. The van der Waals surface area contributed by atoms with E-state index < -0.39 is 23.1 Å². The number of cyclic esters (lactones) is 1. The number of fused-ring (bicyclic) bond motifs is 5. The van der Waals surface area contributed by atoms with Crippen molar-refractivity contribution in [1.29, 1.82) is 0 Å². The number of benzene rings is 1. The third-order valence-corrected chi connectivity index (χ3v) is 10.5. The van der Waals surface area contributed by atoms with Crippen molar-refractivity contribution in [3.05, 3.63) is 108 Å². The number of ether oxygens (including phenoxy) is 3. The van der Waals surface area contributed by atoms with Gasteiger partial charge in [0.1, 0.15) is 12.4 Å². The summed E-state index contributed by atoms with van der Waals surface area (Å²) in [6.45, 7) is 10.1. The molecule has 3 aliphatic heterocycles. The molecule has 284 valence electrons. The van der Waals surface area contributed by atoms with Gasteiger partial charge in [0.05, 0.1) is 41.6 Å². The average molecular weight is 738 g/mol. The Morgan fingerprint density at radius 2 is 1.96 bits per heavy atom. The molecule has 0 radical (unpaired) electrons. The van der Waals surface area contributed by atoms with Gasteiger partial charge in [-0.05, 0) is 87.9 Å². The van der Waals surface area contributed by atoms with Gasteiger partial charge in [-0.2, -0.15) is 5.10 Å². The molecular formula is C40H47N7O7. The second kappa shape index (κ2) is 15.9. The summed E-state index contributed by atoms with van der Waals surface area (Å²) in [6.07, 6.45) is 8.60. The van der Waals surface area contributed by atoms with Gasteiger partial charge >= 0.3 is 5.97 Å². The van der Waals surface area contributed by atoms with E-state index in [0.29, 0.717) is 61.2 Å². The van der Waals surface area contributed by atoms with E-state index >= 15 is 0 Å². The van der Waals surface area contributed by atoms with E-state index in [0.717, 1.165) is 48.1 Å². The van der Waals surface area contributed by atoms with Gasteiger partial charge in [0.15, 0.2) is 11.2 Å². The molecule has 4 heterocycles. The van der Waals surface area contributed by atoms with Crippen LogP contribution in [0.3, 0.4) is 0 Å². The van der Waals surface area contributed by atoms with Crippen LogP contribution in [0.2, 0.25) is 0 Å². The first-order valence-electron chi connectivity index (χ1n) is 18.6. The van der Waals surface area contributed by atoms with Gasteiger partial charge in [-0.3, -0.25) is 14.6 Å². The first kappa shape index (κ1) is 38.3. The predicted molar refractivity (Wildman–Crippen MR) is 203 cm³/mol. The third-order valence-electron chi connectivity index (χ3n) is 10.5. The van der Waals surface area contributed by atoms with Crippen molar-refractivity contribution in [3.63, 3.8) is 0 Å². The fourth-order valence-electron chi connectivity index (χ4n) is 7.44. The largest absolute Gasteiger partial charge is 0.493 e. The van der Waals surface area contributed by atoms with Gasteiger partial charge in [-0.1, -0.05) is 49.5 Å². The van der Waals surface area contributed by atoms with Crippen LogP contribution < -0.4 is 15.7 Å². The zero-order valence-electron chi connectivity index (χ0n) is 31.5. The lowest BCUT2D eigenvalue weighted by molar-refractivity contribution is -0.172. The van der Waals surface area contributed by atoms with Crippen molar-refractivity contribution < 1.29 is 28.9 Å². The highest BCUT2D eigenvalue weighted by Crippen LogP contribution is 2.44. The number of aliphatic hydroxyl groups is 1. The molecule has 1 aliphatic carbocycles. The van der Waals surface area contributed by atoms with Crippen molar-refractivity contribution in [2.24, 2.45) is 21.1 Å². The summed E-state index contributed by atoms with van der Waals surface area (Å²) in [6, 6.07) is 9.27. The Bertz CT molecular complexity index is 2120. The number of hydrogen-bond donors (Lipinski definition) is 2. The fraction of sp³-hybridized carbons (Fsp3) is 0.475. The molecule has 14 heteroatoms. The van der Waals surface area contributed by atoms with E-state index in [1.54, 1.807) is 31.4 Å². The van der Waals surface area contributed by atoms with E-state index in [-0.39, 0.29) is 35.6 Å². The number of para-hydroxylation sites is 1. The molecule has 0 saturated heterocycles. The summed E-state index contributed by atoms with van der Waals surface area (Å²) in [5.41, 5.74) is 13.7. The first-order valence-corrected chi connectivity index (χ1v) is 18.6. The average Bonchev–Trinajstić information content (AvgIpc) is 3.53. The molecule has 0 fully saturated rings. The number of hydrogen-bond acceptors (Lipinski definition) is 10. The van der Waals surface area contributed by atoms with Crippen molar-refractivity contribution in [3.8, 4) is 5.75 Å². The summed E-state index contributed by atoms with van der Waals surface area (Å²) < 4.78 is 19.3. The number of carbonyl (C=O) groups is 2. The van der Waals surface area contributed by atoms with Gasteiger partial charge in [0.2, 0.25) is 0 Å². The standard InChI is InChI=1S/C40H47N7O7/c1-6-26-28-20-25(16-17-32(28)43-35-29(26)22-47-33(35)21-31-30(36(47)48)23-53-38(50)40(31,51)7-2)54-39(4,5)37(49)45-44-24(3)27-14-10-11-15-34(27)52-19-13-9-8-12-18-42-46-41/h10-11,14-17,21,28,51H,6-9,12-13,18-20,22-23H2,1-5H3,(H,45,49)/b44-24+/t28?,40-/m0/s1. The summed E-state index contributed by atoms with van der Waals surface area (Å²) in [5.74, 6) is 0.0146. The van der Waals surface area contributed by atoms with Crippen LogP contribution >= 0.6 is 0 Å². The van der Waals surface area contributed by atoms with Crippen LogP contribution in [0.1, 0.15) is 102 Å². The van der Waals surface area contributed by atoms with Crippen molar-refractivity contribution in [2.45, 2.75) is 104 Å². The number of pyridine rings is 1. The van der Waals surface area contributed by atoms with Gasteiger partial charge < -0.3 is 23.9 Å². The predicted octanol–water partition coefficient (Wildman–Crippen LogP) is 6.40. The maximum absolute atomic E-state index is 13.7. The Hall–Kier alpha value is -5.46. The van der Waals surface area contributed by atoms with Gasteiger partial charge in [0.25, 0.3) is 11.5 Å². The monoisotopic (exact) mass is 737 g/mol. The minimum Gasteiger partial charge on any atom is -0.493 e. The number of carbonyl (C=O) groups excluding carboxylic acids is 2. The van der Waals surface area contributed by atoms with E-state index in [4.69, 9.17) is 24.7 Å². The Morgan fingerprint density at radius 3 is 2.72 bits per heavy atom. The van der Waals surface area contributed by atoms with Gasteiger partial charge in [-0.15, -0.1) is 0 Å². The zero-order valence-corrected chi connectivity index (χ0v) is 31.5. The number of amides is 1. The molecule has 1 unspecified atom stereocenters. The van der Waals surface area contributed by atoms with Gasteiger partial charge in [0, 0.05) is 40.6 Å². The lowest BCUT2D eigenvalue weighted by atomic mass is 9.80. The van der Waals surface area contributed by atoms with Crippen molar-refractivity contribution >= 4 is 23.3 Å². The Morgan fingerprint density at radius 1 is 1.19 bits per heavy atom.